The van der Waals surface area contributed by atoms with Crippen LogP contribution in [0.15, 0.2) is 36.4 Å². The summed E-state index contributed by atoms with van der Waals surface area (Å²) in [6, 6.07) is 12.1. The maximum absolute atomic E-state index is 11.1. The summed E-state index contributed by atoms with van der Waals surface area (Å²) < 4.78 is 5.20. The third-order valence-corrected chi connectivity index (χ3v) is 3.25. The topological polar surface area (TPSA) is 50.4 Å². The van der Waals surface area contributed by atoms with Crippen LogP contribution in [0.4, 0.5) is 4.79 Å². The van der Waals surface area contributed by atoms with E-state index in [1.54, 1.807) is 7.11 Å². The van der Waals surface area contributed by atoms with Crippen molar-refractivity contribution in [3.05, 3.63) is 42.0 Å². The zero-order valence-electron chi connectivity index (χ0n) is 10.1. The first-order valence-electron chi connectivity index (χ1n) is 5.88. The second-order valence-corrected chi connectivity index (χ2v) is 4.38. The molecule has 0 saturated carbocycles. The number of hydrogen-bond donors (Lipinski definition) is 2. The second kappa shape index (κ2) is 4.22. The quantitative estimate of drug-likeness (QED) is 0.848. The molecular weight excluding hydrogens is 228 g/mol. The Balaban J connectivity index is 1.98. The van der Waals surface area contributed by atoms with Crippen molar-refractivity contribution in [1.29, 1.82) is 0 Å². The van der Waals surface area contributed by atoms with Gasteiger partial charge in [0.1, 0.15) is 5.75 Å². The van der Waals surface area contributed by atoms with Crippen molar-refractivity contribution in [2.75, 3.05) is 13.7 Å². The molecule has 92 valence electrons. The Morgan fingerprint density at radius 1 is 1.17 bits per heavy atom. The Hall–Kier alpha value is -2.23. The van der Waals surface area contributed by atoms with Gasteiger partial charge >= 0.3 is 6.03 Å². The van der Waals surface area contributed by atoms with Crippen molar-refractivity contribution in [2.45, 2.75) is 6.04 Å². The fourth-order valence-electron chi connectivity index (χ4n) is 2.24. The lowest BCUT2D eigenvalue weighted by atomic mass is 10.0. The van der Waals surface area contributed by atoms with Crippen molar-refractivity contribution in [1.82, 2.24) is 10.6 Å². The van der Waals surface area contributed by atoms with Gasteiger partial charge in [0.15, 0.2) is 0 Å². The SMILES string of the molecule is COc1ccc2cc([C@H]3CNC(=O)N3)ccc2c1. The predicted molar refractivity (Wildman–Crippen MR) is 69.8 cm³/mol. The lowest BCUT2D eigenvalue weighted by Crippen LogP contribution is -2.21. The van der Waals surface area contributed by atoms with Crippen LogP contribution in [-0.2, 0) is 0 Å². The van der Waals surface area contributed by atoms with Crippen LogP contribution in [0.25, 0.3) is 10.8 Å². The first-order valence-corrected chi connectivity index (χ1v) is 5.88. The van der Waals surface area contributed by atoms with Crippen LogP contribution in [0.3, 0.4) is 0 Å². The Bertz CT molecular complexity index is 610. The summed E-state index contributed by atoms with van der Waals surface area (Å²) in [7, 11) is 1.66. The van der Waals surface area contributed by atoms with Crippen LogP contribution in [0.5, 0.6) is 5.75 Å². The predicted octanol–water partition coefficient (Wildman–Crippen LogP) is 2.20. The number of carbonyl (C=O) groups excluding carboxylic acids is 1. The van der Waals surface area contributed by atoms with Gasteiger partial charge < -0.3 is 15.4 Å². The van der Waals surface area contributed by atoms with E-state index in [2.05, 4.69) is 22.8 Å². The highest BCUT2D eigenvalue weighted by Gasteiger charge is 2.21. The largest absolute Gasteiger partial charge is 0.497 e. The average molecular weight is 242 g/mol. The molecule has 4 nitrogen and oxygen atoms in total. The molecule has 1 heterocycles. The molecule has 1 aliphatic heterocycles. The van der Waals surface area contributed by atoms with Crippen molar-refractivity contribution in [2.24, 2.45) is 0 Å². The highest BCUT2D eigenvalue weighted by molar-refractivity contribution is 5.85. The van der Waals surface area contributed by atoms with E-state index in [9.17, 15) is 4.79 Å². The van der Waals surface area contributed by atoms with E-state index in [0.29, 0.717) is 6.54 Å². The molecule has 0 bridgehead atoms. The summed E-state index contributed by atoms with van der Waals surface area (Å²) in [6.45, 7) is 0.639. The molecule has 1 aliphatic rings. The molecular formula is C14H14N2O2. The summed E-state index contributed by atoms with van der Waals surface area (Å²) in [5, 5.41) is 7.93. The lowest BCUT2D eigenvalue weighted by Gasteiger charge is -2.10. The van der Waals surface area contributed by atoms with E-state index in [0.717, 1.165) is 22.1 Å². The van der Waals surface area contributed by atoms with Gasteiger partial charge in [-0.2, -0.15) is 0 Å². The zero-order chi connectivity index (χ0) is 12.5. The Morgan fingerprint density at radius 2 is 1.94 bits per heavy atom. The Morgan fingerprint density at radius 3 is 2.67 bits per heavy atom. The van der Waals surface area contributed by atoms with Crippen LogP contribution in [-0.4, -0.2) is 19.7 Å². The van der Waals surface area contributed by atoms with Crippen molar-refractivity contribution >= 4 is 16.8 Å². The van der Waals surface area contributed by atoms with Gasteiger partial charge in [-0.25, -0.2) is 4.79 Å². The minimum atomic E-state index is -0.102. The second-order valence-electron chi connectivity index (χ2n) is 4.38. The number of urea groups is 1. The number of nitrogens with one attached hydrogen (secondary N) is 2. The fourth-order valence-corrected chi connectivity index (χ4v) is 2.24. The van der Waals surface area contributed by atoms with Crippen molar-refractivity contribution in [3.8, 4) is 5.75 Å². The molecule has 2 amide bonds. The normalized spacial score (nSPS) is 18.5. The van der Waals surface area contributed by atoms with Gasteiger partial charge in [-0.05, 0) is 34.5 Å². The number of ether oxygens (including phenoxy) is 1. The molecule has 4 heteroatoms. The molecule has 2 aromatic carbocycles. The summed E-state index contributed by atoms with van der Waals surface area (Å²) in [5.74, 6) is 0.853. The highest BCUT2D eigenvalue weighted by atomic mass is 16.5. The van der Waals surface area contributed by atoms with Gasteiger partial charge in [-0.15, -0.1) is 0 Å². The van der Waals surface area contributed by atoms with Gasteiger partial charge in [0, 0.05) is 6.54 Å². The summed E-state index contributed by atoms with van der Waals surface area (Å²) >= 11 is 0. The third kappa shape index (κ3) is 1.86. The molecule has 0 aliphatic carbocycles. The van der Waals surface area contributed by atoms with Gasteiger partial charge in [-0.3, -0.25) is 0 Å². The van der Waals surface area contributed by atoms with Gasteiger partial charge in [-0.1, -0.05) is 18.2 Å². The number of methoxy groups -OCH3 is 1. The molecule has 0 aromatic heterocycles. The van der Waals surface area contributed by atoms with Crippen LogP contribution in [0, 0.1) is 0 Å². The monoisotopic (exact) mass is 242 g/mol. The molecule has 0 spiro atoms. The van der Waals surface area contributed by atoms with Crippen molar-refractivity contribution < 1.29 is 9.53 Å². The first-order chi connectivity index (χ1) is 8.76. The lowest BCUT2D eigenvalue weighted by molar-refractivity contribution is 0.247. The molecule has 2 N–H and O–H groups in total. The van der Waals surface area contributed by atoms with Gasteiger partial charge in [0.05, 0.1) is 13.2 Å². The molecule has 0 radical (unpaired) electrons. The molecule has 1 fully saturated rings. The Kier molecular flexibility index (Phi) is 2.55. The summed E-state index contributed by atoms with van der Waals surface area (Å²) in [5.41, 5.74) is 1.12. The number of hydrogen-bond acceptors (Lipinski definition) is 2. The van der Waals surface area contributed by atoms with Gasteiger partial charge in [0.2, 0.25) is 0 Å². The molecule has 18 heavy (non-hydrogen) atoms. The summed E-state index contributed by atoms with van der Waals surface area (Å²) in [4.78, 5) is 11.1. The number of carbonyl (C=O) groups is 1. The maximum Gasteiger partial charge on any atom is 0.315 e. The van der Waals surface area contributed by atoms with E-state index >= 15 is 0 Å². The molecule has 2 aromatic rings. The molecule has 3 rings (SSSR count). The maximum atomic E-state index is 11.1. The fraction of sp³-hybridized carbons (Fsp3) is 0.214. The number of rotatable bonds is 2. The van der Waals surface area contributed by atoms with Crippen LogP contribution >= 0.6 is 0 Å². The van der Waals surface area contributed by atoms with Crippen LogP contribution in [0.2, 0.25) is 0 Å². The molecule has 1 saturated heterocycles. The van der Waals surface area contributed by atoms with Crippen LogP contribution < -0.4 is 15.4 Å². The van der Waals surface area contributed by atoms with Crippen LogP contribution in [0.1, 0.15) is 11.6 Å². The van der Waals surface area contributed by atoms with Gasteiger partial charge in [0.25, 0.3) is 0 Å². The summed E-state index contributed by atoms with van der Waals surface area (Å²) in [6.07, 6.45) is 0. The smallest absolute Gasteiger partial charge is 0.315 e. The zero-order valence-corrected chi connectivity index (χ0v) is 10.1. The van der Waals surface area contributed by atoms with Crippen molar-refractivity contribution in [3.63, 3.8) is 0 Å². The van der Waals surface area contributed by atoms with E-state index in [-0.39, 0.29) is 12.1 Å². The first kappa shape index (κ1) is 10.9. The highest BCUT2D eigenvalue weighted by Crippen LogP contribution is 2.25. The number of fused-ring (bicyclic) bond motifs is 1. The average Bonchev–Trinajstić information content (AvgIpc) is 2.84. The van der Waals surface area contributed by atoms with E-state index in [4.69, 9.17) is 4.74 Å². The van der Waals surface area contributed by atoms with E-state index < -0.39 is 0 Å². The Labute approximate surface area is 105 Å². The molecule has 1 atom stereocenters. The number of benzene rings is 2. The number of amides is 2. The molecule has 0 unspecified atom stereocenters. The van der Waals surface area contributed by atoms with E-state index in [1.807, 2.05) is 24.3 Å². The third-order valence-electron chi connectivity index (χ3n) is 3.25. The minimum absolute atomic E-state index is 0.0593. The minimum Gasteiger partial charge on any atom is -0.497 e. The standard InChI is InChI=1S/C14H14N2O2/c1-18-12-5-4-9-6-11(3-2-10(9)7-12)13-8-15-14(17)16-13/h2-7,13H,8H2,1H3,(H2,15,16,17)/t13-/m1/s1. The van der Waals surface area contributed by atoms with E-state index in [1.165, 1.54) is 0 Å².